The molecule has 5 nitrogen and oxygen atoms in total. The molecule has 1 heterocycles. The molecule has 0 radical (unpaired) electrons. The second-order valence-electron chi connectivity index (χ2n) is 7.74. The Morgan fingerprint density at radius 2 is 1.84 bits per heavy atom. The summed E-state index contributed by atoms with van der Waals surface area (Å²) >= 11 is 0. The van der Waals surface area contributed by atoms with Gasteiger partial charge in [0.05, 0.1) is 23.9 Å². The third-order valence-corrected chi connectivity index (χ3v) is 7.46. The first-order chi connectivity index (χ1) is 11.8. The fourth-order valence-corrected chi connectivity index (χ4v) is 5.56. The number of hydrogen-bond donors (Lipinski definition) is 0. The highest BCUT2D eigenvalue weighted by atomic mass is 32.2. The summed E-state index contributed by atoms with van der Waals surface area (Å²) in [7, 11) is -3.37. The van der Waals surface area contributed by atoms with Gasteiger partial charge in [-0.2, -0.15) is 0 Å². The molecule has 0 spiro atoms. The summed E-state index contributed by atoms with van der Waals surface area (Å²) in [5.74, 6) is -0.691. The molecule has 1 aliphatic carbocycles. The van der Waals surface area contributed by atoms with Gasteiger partial charge in [-0.15, -0.1) is 0 Å². The van der Waals surface area contributed by atoms with E-state index >= 15 is 0 Å². The highest BCUT2D eigenvalue weighted by Gasteiger charge is 2.41. The van der Waals surface area contributed by atoms with Gasteiger partial charge in [-0.3, -0.25) is 4.79 Å². The molecule has 0 aromatic heterocycles. The summed E-state index contributed by atoms with van der Waals surface area (Å²) in [6, 6.07) is 9.76. The molecule has 1 atom stereocenters. The van der Waals surface area contributed by atoms with Gasteiger partial charge < -0.3 is 9.64 Å². The number of morpholine rings is 1. The third kappa shape index (κ3) is 4.06. The van der Waals surface area contributed by atoms with Gasteiger partial charge in [-0.1, -0.05) is 43.2 Å². The lowest BCUT2D eigenvalue weighted by Gasteiger charge is -2.45. The quantitative estimate of drug-likeness (QED) is 0.823. The topological polar surface area (TPSA) is 63.7 Å². The van der Waals surface area contributed by atoms with Crippen molar-refractivity contribution in [1.82, 2.24) is 4.90 Å². The molecule has 1 amide bonds. The maximum absolute atomic E-state index is 12.9. The monoisotopic (exact) mass is 365 g/mol. The first kappa shape index (κ1) is 18.4. The zero-order chi connectivity index (χ0) is 18.1. The van der Waals surface area contributed by atoms with E-state index in [1.807, 2.05) is 44.2 Å². The van der Waals surface area contributed by atoms with Crippen LogP contribution >= 0.6 is 0 Å². The van der Waals surface area contributed by atoms with E-state index in [2.05, 4.69) is 0 Å². The van der Waals surface area contributed by atoms with E-state index in [1.165, 1.54) is 0 Å². The predicted octanol–water partition coefficient (Wildman–Crippen LogP) is 2.72. The van der Waals surface area contributed by atoms with Crippen molar-refractivity contribution in [3.8, 4) is 0 Å². The van der Waals surface area contributed by atoms with Crippen molar-refractivity contribution in [3.63, 3.8) is 0 Å². The lowest BCUT2D eigenvalue weighted by atomic mass is 9.98. The van der Waals surface area contributed by atoms with Crippen molar-refractivity contribution < 1.29 is 17.9 Å². The number of rotatable bonds is 4. The molecule has 2 fully saturated rings. The fourth-order valence-electron chi connectivity index (χ4n) is 3.77. The first-order valence-corrected chi connectivity index (χ1v) is 10.7. The van der Waals surface area contributed by atoms with Crippen LogP contribution in [0, 0.1) is 0 Å². The van der Waals surface area contributed by atoms with E-state index in [1.54, 1.807) is 4.90 Å². The molecule has 1 aromatic rings. The SMILES string of the molecule is CC1(C)COC(c2ccccc2)CN1C(=O)CS(=O)(=O)C1CCCC1. The molecule has 0 N–H and O–H groups in total. The number of ether oxygens (including phenoxy) is 1. The maximum Gasteiger partial charge on any atom is 0.238 e. The molecule has 3 rings (SSSR count). The van der Waals surface area contributed by atoms with Crippen molar-refractivity contribution in [2.24, 2.45) is 0 Å². The summed E-state index contributed by atoms with van der Waals surface area (Å²) in [5.41, 5.74) is 0.502. The van der Waals surface area contributed by atoms with Gasteiger partial charge in [-0.05, 0) is 32.3 Å². The van der Waals surface area contributed by atoms with Crippen LogP contribution in [0.25, 0.3) is 0 Å². The molecule has 1 saturated carbocycles. The molecule has 6 heteroatoms. The van der Waals surface area contributed by atoms with Gasteiger partial charge in [0.15, 0.2) is 9.84 Å². The summed E-state index contributed by atoms with van der Waals surface area (Å²) in [5, 5.41) is -0.342. The van der Waals surface area contributed by atoms with Crippen LogP contribution in [0.1, 0.15) is 51.2 Å². The average Bonchev–Trinajstić information content (AvgIpc) is 3.10. The summed E-state index contributed by atoms with van der Waals surface area (Å²) < 4.78 is 31.1. The second kappa shape index (κ2) is 7.08. The number of amides is 1. The Bertz CT molecular complexity index is 708. The van der Waals surface area contributed by atoms with Crippen molar-refractivity contribution >= 4 is 15.7 Å². The Morgan fingerprint density at radius 1 is 1.20 bits per heavy atom. The molecule has 1 unspecified atom stereocenters. The van der Waals surface area contributed by atoms with E-state index in [9.17, 15) is 13.2 Å². The average molecular weight is 365 g/mol. The van der Waals surface area contributed by atoms with Gasteiger partial charge in [0, 0.05) is 0 Å². The molecular formula is C19H27NO4S. The van der Waals surface area contributed by atoms with E-state index in [-0.39, 0.29) is 23.0 Å². The van der Waals surface area contributed by atoms with Crippen molar-refractivity contribution in [2.45, 2.75) is 56.4 Å². The Kier molecular flexibility index (Phi) is 5.21. The second-order valence-corrected chi connectivity index (χ2v) is 10.0. The molecule has 25 heavy (non-hydrogen) atoms. The van der Waals surface area contributed by atoms with Crippen LogP contribution in [0.5, 0.6) is 0 Å². The molecule has 2 aliphatic rings. The van der Waals surface area contributed by atoms with Gasteiger partial charge in [0.2, 0.25) is 5.91 Å². The molecular weight excluding hydrogens is 338 g/mol. The van der Waals surface area contributed by atoms with Gasteiger partial charge in [-0.25, -0.2) is 8.42 Å². The smallest absolute Gasteiger partial charge is 0.238 e. The zero-order valence-electron chi connectivity index (χ0n) is 15.0. The first-order valence-electron chi connectivity index (χ1n) is 8.98. The minimum Gasteiger partial charge on any atom is -0.369 e. The highest BCUT2D eigenvalue weighted by molar-refractivity contribution is 7.92. The molecule has 1 aromatic carbocycles. The normalized spacial score (nSPS) is 24.4. The van der Waals surface area contributed by atoms with Gasteiger partial charge in [0.25, 0.3) is 0 Å². The number of nitrogens with zero attached hydrogens (tertiary/aromatic N) is 1. The summed E-state index contributed by atoms with van der Waals surface area (Å²) in [6.45, 7) is 4.63. The van der Waals surface area contributed by atoms with Crippen LogP contribution in [0.3, 0.4) is 0 Å². The maximum atomic E-state index is 12.9. The van der Waals surface area contributed by atoms with Crippen molar-refractivity contribution in [2.75, 3.05) is 18.9 Å². The third-order valence-electron chi connectivity index (χ3n) is 5.32. The summed E-state index contributed by atoms with van der Waals surface area (Å²) in [6.07, 6.45) is 3.05. The minimum atomic E-state index is -3.37. The molecule has 0 bridgehead atoms. The number of carbonyl (C=O) groups excluding carboxylic acids is 1. The Morgan fingerprint density at radius 3 is 2.48 bits per heavy atom. The molecule has 1 saturated heterocycles. The molecule has 1 aliphatic heterocycles. The Labute approximate surface area is 150 Å². The highest BCUT2D eigenvalue weighted by Crippen LogP contribution is 2.31. The van der Waals surface area contributed by atoms with Crippen LogP contribution in [0.4, 0.5) is 0 Å². The Balaban J connectivity index is 1.74. The lowest BCUT2D eigenvalue weighted by Crippen LogP contribution is -2.57. The summed E-state index contributed by atoms with van der Waals surface area (Å²) in [4.78, 5) is 14.5. The minimum absolute atomic E-state index is 0.215. The van der Waals surface area contributed by atoms with Crippen LogP contribution in [-0.2, 0) is 19.4 Å². The zero-order valence-corrected chi connectivity index (χ0v) is 15.8. The van der Waals surface area contributed by atoms with Gasteiger partial charge in [0.1, 0.15) is 11.9 Å². The lowest BCUT2D eigenvalue weighted by molar-refractivity contribution is -0.152. The van der Waals surface area contributed by atoms with E-state index < -0.39 is 15.4 Å². The van der Waals surface area contributed by atoms with Crippen LogP contribution in [-0.4, -0.2) is 48.9 Å². The van der Waals surface area contributed by atoms with Crippen LogP contribution < -0.4 is 0 Å². The Hall–Kier alpha value is -1.40. The number of carbonyl (C=O) groups is 1. The van der Waals surface area contributed by atoms with Gasteiger partial charge >= 0.3 is 0 Å². The van der Waals surface area contributed by atoms with Crippen molar-refractivity contribution in [1.29, 1.82) is 0 Å². The van der Waals surface area contributed by atoms with Crippen LogP contribution in [0.15, 0.2) is 30.3 Å². The van der Waals surface area contributed by atoms with E-state index in [0.29, 0.717) is 26.0 Å². The number of hydrogen-bond acceptors (Lipinski definition) is 4. The fraction of sp³-hybridized carbons (Fsp3) is 0.632. The van der Waals surface area contributed by atoms with Crippen LogP contribution in [0.2, 0.25) is 0 Å². The number of sulfone groups is 1. The standard InChI is InChI=1S/C19H27NO4S/c1-19(2)14-24-17(15-8-4-3-5-9-15)12-20(19)18(21)13-25(22,23)16-10-6-7-11-16/h3-5,8-9,16-17H,6-7,10-14H2,1-2H3. The predicted molar refractivity (Wildman–Crippen MR) is 97.0 cm³/mol. The van der Waals surface area contributed by atoms with E-state index in [4.69, 9.17) is 4.74 Å². The molecule has 138 valence electrons. The largest absolute Gasteiger partial charge is 0.369 e. The number of benzene rings is 1. The van der Waals surface area contributed by atoms with Crippen molar-refractivity contribution in [3.05, 3.63) is 35.9 Å². The van der Waals surface area contributed by atoms with E-state index in [0.717, 1.165) is 18.4 Å².